The normalized spacial score (nSPS) is 9.41. The summed E-state index contributed by atoms with van der Waals surface area (Å²) in [5.41, 5.74) is 9.18. The van der Waals surface area contributed by atoms with E-state index in [0.29, 0.717) is 11.4 Å². The number of benzene rings is 1. The molecule has 0 saturated heterocycles. The van der Waals surface area contributed by atoms with Crippen LogP contribution in [0, 0.1) is 12.4 Å². The van der Waals surface area contributed by atoms with Crippen molar-refractivity contribution in [2.75, 3.05) is 0 Å². The second-order valence-electron chi connectivity index (χ2n) is 3.21. The fourth-order valence-electron chi connectivity index (χ4n) is 1.42. The van der Waals surface area contributed by atoms with Crippen molar-refractivity contribution in [2.24, 2.45) is 5.11 Å². The number of hydrogen-bond acceptors (Lipinski definition) is 1. The molecule has 0 aliphatic carbocycles. The van der Waals surface area contributed by atoms with E-state index in [9.17, 15) is 4.39 Å². The van der Waals surface area contributed by atoms with E-state index in [4.69, 9.17) is 12.1 Å². The van der Waals surface area contributed by atoms with Crippen LogP contribution in [0.1, 0.15) is 0 Å². The highest BCUT2D eigenvalue weighted by atomic mass is 19.1. The third kappa shape index (κ3) is 2.09. The Labute approximate surface area is 96.2 Å². The van der Waals surface area contributed by atoms with Crippen LogP contribution in [0.3, 0.4) is 0 Å². The van der Waals surface area contributed by atoms with Crippen LogP contribution in [0.2, 0.25) is 0 Å². The molecule has 0 N–H and O–H groups in total. The highest BCUT2D eigenvalue weighted by molar-refractivity contribution is 5.50. The smallest absolute Gasteiger partial charge is 0.204 e. The molecule has 0 atom stereocenters. The largest absolute Gasteiger partial charge is 0.333 e. The molecule has 2 rings (SSSR count). The van der Waals surface area contributed by atoms with E-state index in [2.05, 4.69) is 14.9 Å². The van der Waals surface area contributed by atoms with Crippen LogP contribution in [0.15, 0.2) is 41.8 Å². The first kappa shape index (κ1) is 10.7. The SMILES string of the molecule is [C-]#[N+]c1ccn(-c2ccc(N=[N+]=[N-])cc2F)c1. The summed E-state index contributed by atoms with van der Waals surface area (Å²) in [6, 6.07) is 5.74. The number of hydrogen-bond donors (Lipinski definition) is 0. The first-order valence-corrected chi connectivity index (χ1v) is 4.65. The van der Waals surface area contributed by atoms with Crippen molar-refractivity contribution in [2.45, 2.75) is 0 Å². The van der Waals surface area contributed by atoms with Crippen LogP contribution in [-0.4, -0.2) is 4.57 Å². The summed E-state index contributed by atoms with van der Waals surface area (Å²) >= 11 is 0. The molecule has 0 amide bonds. The maximum atomic E-state index is 13.7. The topological polar surface area (TPSA) is 58.0 Å². The molecule has 0 radical (unpaired) electrons. The van der Waals surface area contributed by atoms with Gasteiger partial charge in [0.25, 0.3) is 0 Å². The van der Waals surface area contributed by atoms with Crippen molar-refractivity contribution in [3.8, 4) is 5.69 Å². The van der Waals surface area contributed by atoms with Crippen molar-refractivity contribution in [3.63, 3.8) is 0 Å². The minimum Gasteiger partial charge on any atom is -0.333 e. The molecule has 0 bridgehead atoms. The average Bonchev–Trinajstić information content (AvgIpc) is 2.78. The highest BCUT2D eigenvalue weighted by Crippen LogP contribution is 2.23. The van der Waals surface area contributed by atoms with Gasteiger partial charge in [0.1, 0.15) is 5.82 Å². The average molecular weight is 227 g/mol. The second-order valence-corrected chi connectivity index (χ2v) is 3.21. The fourth-order valence-corrected chi connectivity index (χ4v) is 1.42. The van der Waals surface area contributed by atoms with Gasteiger partial charge in [-0.25, -0.2) is 9.24 Å². The minimum absolute atomic E-state index is 0.214. The molecule has 1 aromatic carbocycles. The summed E-state index contributed by atoms with van der Waals surface area (Å²) in [6.07, 6.45) is 3.12. The number of rotatable bonds is 2. The first-order chi connectivity index (χ1) is 8.24. The lowest BCUT2D eigenvalue weighted by atomic mass is 10.2. The molecule has 0 aliphatic heterocycles. The predicted molar refractivity (Wildman–Crippen MR) is 60.8 cm³/mol. The van der Waals surface area contributed by atoms with Gasteiger partial charge in [-0.15, -0.1) is 0 Å². The van der Waals surface area contributed by atoms with E-state index in [0.717, 1.165) is 6.07 Å². The molecule has 82 valence electrons. The van der Waals surface area contributed by atoms with E-state index in [1.54, 1.807) is 12.3 Å². The monoisotopic (exact) mass is 227 g/mol. The molecule has 5 nitrogen and oxygen atoms in total. The van der Waals surface area contributed by atoms with Gasteiger partial charge < -0.3 is 4.57 Å². The van der Waals surface area contributed by atoms with E-state index < -0.39 is 5.82 Å². The lowest BCUT2D eigenvalue weighted by Crippen LogP contribution is -1.93. The van der Waals surface area contributed by atoms with Gasteiger partial charge in [-0.3, -0.25) is 0 Å². The Morgan fingerprint density at radius 3 is 2.76 bits per heavy atom. The van der Waals surface area contributed by atoms with Crippen LogP contribution >= 0.6 is 0 Å². The summed E-state index contributed by atoms with van der Waals surface area (Å²) in [4.78, 5) is 5.81. The molecule has 1 heterocycles. The Morgan fingerprint density at radius 2 is 2.18 bits per heavy atom. The summed E-state index contributed by atoms with van der Waals surface area (Å²) < 4.78 is 15.2. The summed E-state index contributed by atoms with van der Waals surface area (Å²) in [6.45, 7) is 6.82. The first-order valence-electron chi connectivity index (χ1n) is 4.65. The summed E-state index contributed by atoms with van der Waals surface area (Å²) in [5, 5.41) is 3.31. The van der Waals surface area contributed by atoms with Crippen LogP contribution in [0.4, 0.5) is 15.8 Å². The van der Waals surface area contributed by atoms with Gasteiger partial charge in [0.2, 0.25) is 5.69 Å². The standard InChI is InChI=1S/C11H6FN5/c1-14-9-4-5-17(7-9)11-3-2-8(15-16-13)6-10(11)12/h2-7H. The maximum absolute atomic E-state index is 13.7. The zero-order chi connectivity index (χ0) is 12.3. The molecular formula is C11H6FN5. The van der Waals surface area contributed by atoms with Crippen LogP contribution in [0.25, 0.3) is 21.0 Å². The minimum atomic E-state index is -0.512. The van der Waals surface area contributed by atoms with Crippen molar-refractivity contribution in [1.82, 2.24) is 4.57 Å². The second kappa shape index (κ2) is 4.39. The van der Waals surface area contributed by atoms with Gasteiger partial charge in [0, 0.05) is 16.8 Å². The van der Waals surface area contributed by atoms with Gasteiger partial charge in [0.05, 0.1) is 12.3 Å². The molecule has 0 unspecified atom stereocenters. The third-order valence-corrected chi connectivity index (χ3v) is 2.18. The molecule has 17 heavy (non-hydrogen) atoms. The van der Waals surface area contributed by atoms with Crippen LogP contribution in [-0.2, 0) is 0 Å². The van der Waals surface area contributed by atoms with E-state index in [1.165, 1.54) is 22.9 Å². The zero-order valence-corrected chi connectivity index (χ0v) is 8.58. The van der Waals surface area contributed by atoms with E-state index >= 15 is 0 Å². The Hall–Kier alpha value is -2.77. The van der Waals surface area contributed by atoms with Crippen molar-refractivity contribution >= 4 is 11.4 Å². The maximum Gasteiger partial charge on any atom is 0.204 e. The van der Waals surface area contributed by atoms with Crippen LogP contribution < -0.4 is 0 Å². The van der Waals surface area contributed by atoms with Crippen molar-refractivity contribution in [3.05, 3.63) is 64.3 Å². The Bertz CT molecular complexity index is 646. The number of aromatic nitrogens is 1. The number of nitrogens with zero attached hydrogens (tertiary/aromatic N) is 5. The van der Waals surface area contributed by atoms with Gasteiger partial charge in [-0.1, -0.05) is 11.2 Å². The highest BCUT2D eigenvalue weighted by Gasteiger charge is 2.05. The Morgan fingerprint density at radius 1 is 1.35 bits per heavy atom. The molecular weight excluding hydrogens is 221 g/mol. The van der Waals surface area contributed by atoms with Crippen molar-refractivity contribution < 1.29 is 4.39 Å². The predicted octanol–water partition coefficient (Wildman–Crippen LogP) is 4.11. The molecule has 0 spiro atoms. The zero-order valence-electron chi connectivity index (χ0n) is 8.58. The molecule has 0 aliphatic rings. The molecule has 1 aromatic heterocycles. The molecule has 0 fully saturated rings. The van der Waals surface area contributed by atoms with Crippen molar-refractivity contribution in [1.29, 1.82) is 0 Å². The lowest BCUT2D eigenvalue weighted by molar-refractivity contribution is 0.619. The quantitative estimate of drug-likeness (QED) is 0.321. The fraction of sp³-hybridized carbons (Fsp3) is 0. The van der Waals surface area contributed by atoms with E-state index in [1.807, 2.05) is 0 Å². The van der Waals surface area contributed by atoms with Gasteiger partial charge in [-0.05, 0) is 29.9 Å². The number of azide groups is 1. The van der Waals surface area contributed by atoms with Gasteiger partial charge >= 0.3 is 0 Å². The van der Waals surface area contributed by atoms with E-state index in [-0.39, 0.29) is 5.69 Å². The summed E-state index contributed by atoms with van der Waals surface area (Å²) in [7, 11) is 0. The van der Waals surface area contributed by atoms with Crippen LogP contribution in [0.5, 0.6) is 0 Å². The Kier molecular flexibility index (Phi) is 2.77. The lowest BCUT2D eigenvalue weighted by Gasteiger charge is -2.04. The summed E-state index contributed by atoms with van der Waals surface area (Å²) in [5.74, 6) is -0.512. The molecule has 6 heteroatoms. The Balaban J connectivity index is 2.46. The third-order valence-electron chi connectivity index (χ3n) is 2.18. The number of halogens is 1. The molecule has 0 saturated carbocycles. The van der Waals surface area contributed by atoms with Gasteiger partial charge in [0.15, 0.2) is 0 Å². The molecule has 2 aromatic rings. The van der Waals surface area contributed by atoms with Gasteiger partial charge in [-0.2, -0.15) is 0 Å².